The van der Waals surface area contributed by atoms with Crippen LogP contribution in [0.25, 0.3) is 0 Å². The van der Waals surface area contributed by atoms with Gasteiger partial charge in [-0.1, -0.05) is 6.07 Å². The van der Waals surface area contributed by atoms with E-state index in [1.165, 1.54) is 17.2 Å². The topological polar surface area (TPSA) is 93.2 Å². The van der Waals surface area contributed by atoms with E-state index in [-0.39, 0.29) is 11.3 Å². The van der Waals surface area contributed by atoms with Crippen LogP contribution in [0.4, 0.5) is 11.6 Å². The number of aromatic hydroxyl groups is 1. The van der Waals surface area contributed by atoms with Gasteiger partial charge in [-0.3, -0.25) is 9.79 Å². The molecule has 7 heteroatoms. The molecular formula is C21H22N5O2+. The normalized spacial score (nSPS) is 15.4. The zero-order valence-corrected chi connectivity index (χ0v) is 15.9. The molecule has 0 unspecified atom stereocenters. The molecule has 1 aromatic heterocycles. The van der Waals surface area contributed by atoms with Gasteiger partial charge in [0.15, 0.2) is 6.17 Å². The Balaban J connectivity index is 1.78. The second kappa shape index (κ2) is 6.84. The van der Waals surface area contributed by atoms with Gasteiger partial charge in [-0.2, -0.15) is 0 Å². The Labute approximate surface area is 162 Å². The van der Waals surface area contributed by atoms with E-state index in [2.05, 4.69) is 46.6 Å². The number of fused-ring (bicyclic) bond motifs is 1. The minimum Gasteiger partial charge on any atom is -0.508 e. The van der Waals surface area contributed by atoms with Crippen LogP contribution in [-0.2, 0) is 0 Å². The maximum Gasteiger partial charge on any atom is 0.357 e. The molecule has 1 aliphatic rings. The van der Waals surface area contributed by atoms with Gasteiger partial charge in [-0.15, -0.1) is 0 Å². The van der Waals surface area contributed by atoms with E-state index in [4.69, 9.17) is 0 Å². The van der Waals surface area contributed by atoms with Crippen LogP contribution < -0.4 is 21.2 Å². The van der Waals surface area contributed by atoms with Gasteiger partial charge >= 0.3 is 5.96 Å². The van der Waals surface area contributed by atoms with Crippen molar-refractivity contribution < 1.29 is 10.1 Å². The van der Waals surface area contributed by atoms with Gasteiger partial charge in [0.05, 0.1) is 5.69 Å². The van der Waals surface area contributed by atoms with Crippen molar-refractivity contribution in [1.82, 2.24) is 9.55 Å². The van der Waals surface area contributed by atoms with Crippen molar-refractivity contribution in [2.45, 2.75) is 26.9 Å². The Hall–Kier alpha value is -3.61. The van der Waals surface area contributed by atoms with E-state index in [9.17, 15) is 9.90 Å². The number of nitrogens with one attached hydrogen (secondary N) is 3. The van der Waals surface area contributed by atoms with Crippen LogP contribution in [0.15, 0.2) is 53.3 Å². The second-order valence-corrected chi connectivity index (χ2v) is 6.99. The van der Waals surface area contributed by atoms with Crippen LogP contribution in [0.3, 0.4) is 0 Å². The van der Waals surface area contributed by atoms with Crippen LogP contribution in [0.2, 0.25) is 0 Å². The van der Waals surface area contributed by atoms with E-state index in [0.29, 0.717) is 17.6 Å². The van der Waals surface area contributed by atoms with Gasteiger partial charge in [-0.25, -0.2) is 20.2 Å². The third-order valence-corrected chi connectivity index (χ3v) is 4.84. The Morgan fingerprint density at radius 1 is 1.07 bits per heavy atom. The maximum absolute atomic E-state index is 12.6. The highest BCUT2D eigenvalue weighted by Gasteiger charge is 2.29. The molecule has 1 atom stereocenters. The number of aromatic nitrogens is 2. The number of phenols is 1. The van der Waals surface area contributed by atoms with Gasteiger partial charge in [0.25, 0.3) is 11.5 Å². The fraction of sp³-hybridized carbons (Fsp3) is 0.190. The Morgan fingerprint density at radius 2 is 1.82 bits per heavy atom. The monoisotopic (exact) mass is 376 g/mol. The molecule has 2 aromatic carbocycles. The lowest BCUT2D eigenvalue weighted by atomic mass is 10.1. The molecule has 3 aromatic rings. The summed E-state index contributed by atoms with van der Waals surface area (Å²) in [5.41, 5.74) is 4.63. The summed E-state index contributed by atoms with van der Waals surface area (Å²) in [6, 6.07) is 14.4. The summed E-state index contributed by atoms with van der Waals surface area (Å²) < 4.78 is 1.56. The summed E-state index contributed by atoms with van der Waals surface area (Å²) in [6.07, 6.45) is -0.466. The van der Waals surface area contributed by atoms with E-state index >= 15 is 0 Å². The van der Waals surface area contributed by atoms with Gasteiger partial charge in [-0.05, 0) is 68.3 Å². The molecule has 7 nitrogen and oxygen atoms in total. The molecule has 2 heterocycles. The first kappa shape index (κ1) is 17.8. The van der Waals surface area contributed by atoms with Crippen LogP contribution in [0, 0.1) is 20.8 Å². The predicted octanol–water partition coefficient (Wildman–Crippen LogP) is 1.40. The fourth-order valence-electron chi connectivity index (χ4n) is 3.21. The molecule has 1 aliphatic heterocycles. The van der Waals surface area contributed by atoms with Gasteiger partial charge < -0.3 is 5.11 Å². The molecular weight excluding hydrogens is 354 g/mol. The summed E-state index contributed by atoms with van der Waals surface area (Å²) >= 11 is 0. The molecule has 4 rings (SSSR count). The predicted molar refractivity (Wildman–Crippen MR) is 109 cm³/mol. The zero-order valence-electron chi connectivity index (χ0n) is 15.9. The molecule has 4 N–H and O–H groups in total. The first-order valence-electron chi connectivity index (χ1n) is 9.04. The first-order valence-corrected chi connectivity index (χ1v) is 9.04. The number of guanidine groups is 1. The number of anilines is 2. The highest BCUT2D eigenvalue weighted by atomic mass is 16.3. The summed E-state index contributed by atoms with van der Waals surface area (Å²) in [6.45, 7) is 5.92. The van der Waals surface area contributed by atoms with E-state index in [1.807, 2.05) is 6.07 Å². The maximum atomic E-state index is 12.6. The van der Waals surface area contributed by atoms with Crippen molar-refractivity contribution in [3.8, 4) is 5.75 Å². The van der Waals surface area contributed by atoms with Crippen LogP contribution in [0.5, 0.6) is 5.75 Å². The molecule has 0 aliphatic carbocycles. The Morgan fingerprint density at radius 3 is 2.54 bits per heavy atom. The minimum atomic E-state index is -0.466. The number of rotatable bonds is 2. The number of hydrogen-bond donors (Lipinski definition) is 4. The average molecular weight is 376 g/mol. The second-order valence-electron chi connectivity index (χ2n) is 6.99. The summed E-state index contributed by atoms with van der Waals surface area (Å²) in [5.74, 6) is 1.25. The Kier molecular flexibility index (Phi) is 4.35. The van der Waals surface area contributed by atoms with Crippen molar-refractivity contribution in [2.75, 3.05) is 10.6 Å². The molecule has 142 valence electrons. The lowest BCUT2D eigenvalue weighted by Gasteiger charge is -2.23. The highest BCUT2D eigenvalue weighted by Crippen LogP contribution is 2.19. The van der Waals surface area contributed by atoms with E-state index in [1.54, 1.807) is 35.8 Å². The van der Waals surface area contributed by atoms with Crippen molar-refractivity contribution in [2.24, 2.45) is 0 Å². The first-order chi connectivity index (χ1) is 13.4. The number of benzene rings is 2. The molecule has 28 heavy (non-hydrogen) atoms. The van der Waals surface area contributed by atoms with E-state index < -0.39 is 6.17 Å². The molecule has 0 fully saturated rings. The van der Waals surface area contributed by atoms with Crippen molar-refractivity contribution in [3.63, 3.8) is 0 Å². The molecule has 0 radical (unpaired) electrons. The van der Waals surface area contributed by atoms with E-state index in [0.717, 1.165) is 11.3 Å². The molecule has 0 amide bonds. The SMILES string of the molecule is Cc1cc(=O)n2c(n1)NC(Nc1ccc(C)c(C)c1)=[NH+][C@H]2c1ccc(O)cc1. The van der Waals surface area contributed by atoms with Gasteiger partial charge in [0, 0.05) is 17.3 Å². The average Bonchev–Trinajstić information content (AvgIpc) is 2.64. The quantitative estimate of drug-likeness (QED) is 0.543. The molecule has 0 saturated carbocycles. The summed E-state index contributed by atoms with van der Waals surface area (Å²) in [4.78, 5) is 20.5. The molecule has 0 bridgehead atoms. The fourth-order valence-corrected chi connectivity index (χ4v) is 3.21. The van der Waals surface area contributed by atoms with Gasteiger partial charge in [0.2, 0.25) is 0 Å². The third-order valence-electron chi connectivity index (χ3n) is 4.84. The standard InChI is InChI=1S/C21H21N5O2/c1-12-4-7-16(10-13(12)2)23-20-24-19(15-5-8-17(27)9-6-15)26-18(28)11-14(3)22-21(26)25-20/h4-11,19,27H,1-3H3,(H2,22,23,24,25)/p+1/t19-/m1/s1. The summed E-state index contributed by atoms with van der Waals surface area (Å²) in [7, 11) is 0. The summed E-state index contributed by atoms with van der Waals surface area (Å²) in [5, 5.41) is 16.1. The van der Waals surface area contributed by atoms with Crippen molar-refractivity contribution in [3.05, 3.63) is 81.3 Å². The number of aryl methyl sites for hydroxylation is 3. The molecule has 0 saturated heterocycles. The van der Waals surface area contributed by atoms with Gasteiger partial charge in [0.1, 0.15) is 5.75 Å². The highest BCUT2D eigenvalue weighted by molar-refractivity contribution is 5.99. The van der Waals surface area contributed by atoms with Crippen molar-refractivity contribution >= 4 is 17.6 Å². The lowest BCUT2D eigenvalue weighted by Crippen LogP contribution is -2.82. The minimum absolute atomic E-state index is 0.161. The smallest absolute Gasteiger partial charge is 0.357 e. The largest absolute Gasteiger partial charge is 0.508 e. The lowest BCUT2D eigenvalue weighted by molar-refractivity contribution is -0.520. The number of hydrogen-bond acceptors (Lipinski definition) is 5. The third kappa shape index (κ3) is 3.34. The van der Waals surface area contributed by atoms with Crippen molar-refractivity contribution in [1.29, 1.82) is 0 Å². The van der Waals surface area contributed by atoms with Crippen LogP contribution >= 0.6 is 0 Å². The van der Waals surface area contributed by atoms with Crippen LogP contribution in [0.1, 0.15) is 28.6 Å². The molecule has 0 spiro atoms. The Bertz CT molecular complexity index is 1130. The number of phenolic OH excluding ortho intramolecular Hbond substituents is 1. The zero-order chi connectivity index (χ0) is 19.8. The van der Waals surface area contributed by atoms with Crippen LogP contribution in [-0.4, -0.2) is 20.6 Å². The number of nitrogens with zero attached hydrogens (tertiary/aromatic N) is 2.